The molecule has 164 valence electrons. The first-order chi connectivity index (χ1) is 15.7. The third kappa shape index (κ3) is 4.27. The van der Waals surface area contributed by atoms with E-state index >= 15 is 0 Å². The highest BCUT2D eigenvalue weighted by atomic mass is 16.6. The van der Waals surface area contributed by atoms with Crippen LogP contribution in [0.25, 0.3) is 0 Å². The van der Waals surface area contributed by atoms with Crippen LogP contribution in [0, 0.1) is 6.92 Å². The minimum Gasteiger partial charge on any atom is -0.485 e. The van der Waals surface area contributed by atoms with Crippen molar-refractivity contribution in [3.05, 3.63) is 60.3 Å². The topological polar surface area (TPSA) is 92.7 Å². The molecule has 5 rings (SSSR count). The van der Waals surface area contributed by atoms with Gasteiger partial charge in [-0.3, -0.25) is 4.79 Å². The molecule has 0 radical (unpaired) electrons. The van der Waals surface area contributed by atoms with Crippen LogP contribution in [0.5, 0.6) is 11.5 Å². The van der Waals surface area contributed by atoms with Gasteiger partial charge in [-0.25, -0.2) is 4.98 Å². The second-order valence-electron chi connectivity index (χ2n) is 7.80. The summed E-state index contributed by atoms with van der Waals surface area (Å²) in [5.41, 5.74) is 1.10. The normalized spacial score (nSPS) is 17.7. The number of hydrogen-bond donors (Lipinski definition) is 1. The maximum atomic E-state index is 12.9. The number of aromatic nitrogens is 3. The highest BCUT2D eigenvalue weighted by molar-refractivity contribution is 5.82. The predicted molar refractivity (Wildman–Crippen MR) is 119 cm³/mol. The summed E-state index contributed by atoms with van der Waals surface area (Å²) in [5, 5.41) is 11.7. The first-order valence-corrected chi connectivity index (χ1v) is 10.6. The van der Waals surface area contributed by atoms with Gasteiger partial charge >= 0.3 is 0 Å². The molecule has 9 heteroatoms. The van der Waals surface area contributed by atoms with Crippen LogP contribution in [0.15, 0.2) is 54.7 Å². The lowest BCUT2D eigenvalue weighted by atomic mass is 10.2. The number of carbonyl (C=O) groups excluding carboxylic acids is 1. The van der Waals surface area contributed by atoms with Crippen LogP contribution in [-0.2, 0) is 4.79 Å². The number of para-hydroxylation sites is 2. The highest BCUT2D eigenvalue weighted by Gasteiger charge is 2.32. The van der Waals surface area contributed by atoms with Crippen molar-refractivity contribution in [3.63, 3.8) is 0 Å². The molecule has 0 spiro atoms. The summed E-state index contributed by atoms with van der Waals surface area (Å²) < 4.78 is 11.5. The van der Waals surface area contributed by atoms with Gasteiger partial charge in [0.05, 0.1) is 0 Å². The molecule has 1 fully saturated rings. The SMILES string of the molecule is Cc1ccc(Nc2ccc(N3CCN(C(=O)C4COc5ccccc5O4)CC3)nn2)nc1. The number of anilines is 3. The molecule has 1 aromatic carbocycles. The van der Waals surface area contributed by atoms with E-state index in [1.807, 2.05) is 60.4 Å². The average molecular weight is 432 g/mol. The average Bonchev–Trinajstić information content (AvgIpc) is 2.85. The Morgan fingerprint density at radius 3 is 2.47 bits per heavy atom. The Hall–Kier alpha value is -3.88. The maximum absolute atomic E-state index is 12.9. The van der Waals surface area contributed by atoms with Gasteiger partial charge in [0.1, 0.15) is 12.4 Å². The van der Waals surface area contributed by atoms with Crippen LogP contribution >= 0.6 is 0 Å². The number of nitrogens with zero attached hydrogens (tertiary/aromatic N) is 5. The zero-order valence-electron chi connectivity index (χ0n) is 17.8. The maximum Gasteiger partial charge on any atom is 0.267 e. The van der Waals surface area contributed by atoms with Crippen molar-refractivity contribution in [3.8, 4) is 11.5 Å². The quantitative estimate of drug-likeness (QED) is 0.672. The van der Waals surface area contributed by atoms with Crippen LogP contribution in [0.3, 0.4) is 0 Å². The third-order valence-electron chi connectivity index (χ3n) is 5.52. The van der Waals surface area contributed by atoms with E-state index in [4.69, 9.17) is 9.47 Å². The molecule has 2 aliphatic rings. The summed E-state index contributed by atoms with van der Waals surface area (Å²) in [4.78, 5) is 21.2. The number of rotatable bonds is 4. The molecule has 1 N–H and O–H groups in total. The van der Waals surface area contributed by atoms with Crippen molar-refractivity contribution >= 4 is 23.4 Å². The number of pyridine rings is 1. The monoisotopic (exact) mass is 432 g/mol. The number of carbonyl (C=O) groups is 1. The molecule has 1 saturated heterocycles. The Labute approximate surface area is 186 Å². The van der Waals surface area contributed by atoms with E-state index in [0.717, 1.165) is 17.2 Å². The van der Waals surface area contributed by atoms with E-state index in [1.54, 1.807) is 6.20 Å². The summed E-state index contributed by atoms with van der Waals surface area (Å²) >= 11 is 0. The van der Waals surface area contributed by atoms with E-state index in [2.05, 4.69) is 25.4 Å². The summed E-state index contributed by atoms with van der Waals surface area (Å²) in [6, 6.07) is 15.1. The van der Waals surface area contributed by atoms with Gasteiger partial charge in [-0.1, -0.05) is 18.2 Å². The number of benzene rings is 1. The van der Waals surface area contributed by atoms with Gasteiger partial charge in [0.15, 0.2) is 23.1 Å². The molecule has 32 heavy (non-hydrogen) atoms. The van der Waals surface area contributed by atoms with Gasteiger partial charge in [0.2, 0.25) is 6.10 Å². The van der Waals surface area contributed by atoms with Crippen LogP contribution in [0.1, 0.15) is 5.56 Å². The number of amides is 1. The summed E-state index contributed by atoms with van der Waals surface area (Å²) in [6.45, 7) is 4.76. The number of nitrogens with one attached hydrogen (secondary N) is 1. The Morgan fingerprint density at radius 2 is 1.75 bits per heavy atom. The molecule has 0 saturated carbocycles. The van der Waals surface area contributed by atoms with E-state index in [9.17, 15) is 4.79 Å². The fourth-order valence-corrected chi connectivity index (χ4v) is 3.73. The first-order valence-electron chi connectivity index (χ1n) is 10.6. The van der Waals surface area contributed by atoms with Gasteiger partial charge in [0.25, 0.3) is 5.91 Å². The number of piperazine rings is 1. The summed E-state index contributed by atoms with van der Waals surface area (Å²) in [6.07, 6.45) is 1.19. The Balaban J connectivity index is 1.15. The Bertz CT molecular complexity index is 1080. The second kappa shape index (κ2) is 8.70. The van der Waals surface area contributed by atoms with Gasteiger partial charge in [-0.2, -0.15) is 0 Å². The van der Waals surface area contributed by atoms with E-state index in [-0.39, 0.29) is 12.5 Å². The molecule has 9 nitrogen and oxygen atoms in total. The van der Waals surface area contributed by atoms with Crippen LogP contribution in [0.4, 0.5) is 17.5 Å². The minimum atomic E-state index is -0.614. The van der Waals surface area contributed by atoms with Gasteiger partial charge in [-0.05, 0) is 42.8 Å². The molecule has 1 atom stereocenters. The molecule has 2 aromatic heterocycles. The lowest BCUT2D eigenvalue weighted by molar-refractivity contribution is -0.141. The third-order valence-corrected chi connectivity index (χ3v) is 5.52. The molecular weight excluding hydrogens is 408 g/mol. The zero-order valence-corrected chi connectivity index (χ0v) is 17.8. The van der Waals surface area contributed by atoms with E-state index < -0.39 is 6.10 Å². The van der Waals surface area contributed by atoms with Gasteiger partial charge < -0.3 is 24.6 Å². The predicted octanol–water partition coefficient (Wildman–Crippen LogP) is 2.41. The van der Waals surface area contributed by atoms with Crippen molar-refractivity contribution < 1.29 is 14.3 Å². The molecular formula is C23H24N6O3. The largest absolute Gasteiger partial charge is 0.485 e. The number of ether oxygens (including phenoxy) is 2. The molecule has 1 unspecified atom stereocenters. The van der Waals surface area contributed by atoms with Crippen molar-refractivity contribution in [2.45, 2.75) is 13.0 Å². The van der Waals surface area contributed by atoms with Crippen LogP contribution < -0.4 is 19.7 Å². The van der Waals surface area contributed by atoms with Crippen molar-refractivity contribution in [2.24, 2.45) is 0 Å². The Kier molecular flexibility index (Phi) is 5.45. The van der Waals surface area contributed by atoms with Crippen LogP contribution in [-0.4, -0.2) is 64.9 Å². The number of aryl methyl sites for hydroxylation is 1. The number of fused-ring (bicyclic) bond motifs is 1. The van der Waals surface area contributed by atoms with Crippen LogP contribution in [0.2, 0.25) is 0 Å². The Morgan fingerprint density at radius 1 is 0.969 bits per heavy atom. The van der Waals surface area contributed by atoms with E-state index in [0.29, 0.717) is 43.5 Å². The van der Waals surface area contributed by atoms with Gasteiger partial charge in [-0.15, -0.1) is 10.2 Å². The summed E-state index contributed by atoms with van der Waals surface area (Å²) in [7, 11) is 0. The summed E-state index contributed by atoms with van der Waals surface area (Å²) in [5.74, 6) is 3.38. The van der Waals surface area contributed by atoms with Crippen molar-refractivity contribution in [1.82, 2.24) is 20.1 Å². The standard InChI is InChI=1S/C23H24N6O3/c1-16-6-7-20(24-14-16)25-21-8-9-22(27-26-21)28-10-12-29(13-11-28)23(30)19-15-31-17-4-2-3-5-18(17)32-19/h2-9,14,19H,10-13,15H2,1H3,(H,24,25,26). The van der Waals surface area contributed by atoms with Crippen molar-refractivity contribution in [2.75, 3.05) is 43.0 Å². The molecule has 0 bridgehead atoms. The fraction of sp³-hybridized carbons (Fsp3) is 0.304. The number of hydrogen-bond acceptors (Lipinski definition) is 8. The fourth-order valence-electron chi connectivity index (χ4n) is 3.73. The second-order valence-corrected chi connectivity index (χ2v) is 7.80. The van der Waals surface area contributed by atoms with E-state index in [1.165, 1.54) is 0 Å². The molecule has 2 aliphatic heterocycles. The first kappa shape index (κ1) is 20.0. The molecule has 0 aliphatic carbocycles. The lowest BCUT2D eigenvalue weighted by Crippen LogP contribution is -2.54. The molecule has 3 aromatic rings. The lowest BCUT2D eigenvalue weighted by Gasteiger charge is -2.37. The van der Waals surface area contributed by atoms with Crippen molar-refractivity contribution in [1.29, 1.82) is 0 Å². The highest BCUT2D eigenvalue weighted by Crippen LogP contribution is 2.31. The molecule has 1 amide bonds. The van der Waals surface area contributed by atoms with Gasteiger partial charge in [0, 0.05) is 32.4 Å². The zero-order chi connectivity index (χ0) is 21.9. The smallest absolute Gasteiger partial charge is 0.267 e. The minimum absolute atomic E-state index is 0.0459. The molecule has 4 heterocycles.